The molecule has 2 rings (SSSR count). The predicted octanol–water partition coefficient (Wildman–Crippen LogP) is 2.08. The third kappa shape index (κ3) is 4.07. The van der Waals surface area contributed by atoms with E-state index in [1.807, 2.05) is 0 Å². The summed E-state index contributed by atoms with van der Waals surface area (Å²) in [6, 6.07) is 6.95. The highest BCUT2D eigenvalue weighted by atomic mass is 32.2. The number of hydrogen-bond donors (Lipinski definition) is 1. The lowest BCUT2D eigenvalue weighted by Crippen LogP contribution is -2.37. The van der Waals surface area contributed by atoms with Crippen molar-refractivity contribution in [2.24, 2.45) is 0 Å². The van der Waals surface area contributed by atoms with Gasteiger partial charge in [0, 0.05) is 12.3 Å². The second-order valence-electron chi connectivity index (χ2n) is 5.46. The van der Waals surface area contributed by atoms with Gasteiger partial charge in [0.25, 0.3) is 0 Å². The van der Waals surface area contributed by atoms with Crippen molar-refractivity contribution in [3.63, 3.8) is 0 Å². The van der Waals surface area contributed by atoms with Gasteiger partial charge in [-0.15, -0.1) is 0 Å². The Kier molecular flexibility index (Phi) is 4.81. The summed E-state index contributed by atoms with van der Waals surface area (Å²) in [5, 5.41) is 3.01. The number of carbonyl (C=O) groups excluding carboxylic acids is 1. The van der Waals surface area contributed by atoms with Crippen LogP contribution in [-0.4, -0.2) is 26.6 Å². The summed E-state index contributed by atoms with van der Waals surface area (Å²) in [6.07, 6.45) is 6.91. The summed E-state index contributed by atoms with van der Waals surface area (Å²) in [7, 11) is -3.29. The normalized spacial score (nSPS) is 16.9. The van der Waals surface area contributed by atoms with E-state index in [0.29, 0.717) is 5.56 Å². The molecule has 1 saturated carbocycles. The van der Waals surface area contributed by atoms with Crippen molar-refractivity contribution in [3.05, 3.63) is 29.8 Å². The van der Waals surface area contributed by atoms with Crippen LogP contribution in [0.25, 0.3) is 0 Å². The van der Waals surface area contributed by atoms with Crippen molar-refractivity contribution in [2.75, 3.05) is 6.26 Å². The first-order valence-electron chi connectivity index (χ1n) is 7.04. The third-order valence-corrected chi connectivity index (χ3v) is 4.89. The van der Waals surface area contributed by atoms with Crippen LogP contribution in [-0.2, 0) is 21.1 Å². The number of carbonyl (C=O) groups is 1. The average Bonchev–Trinajstić information content (AvgIpc) is 2.39. The second-order valence-corrected chi connectivity index (χ2v) is 7.44. The first-order valence-corrected chi connectivity index (χ1v) is 8.93. The molecule has 0 unspecified atom stereocenters. The van der Waals surface area contributed by atoms with Gasteiger partial charge in [0.15, 0.2) is 9.84 Å². The zero-order chi connectivity index (χ0) is 14.6. The molecule has 110 valence electrons. The topological polar surface area (TPSA) is 63.2 Å². The Morgan fingerprint density at radius 2 is 1.85 bits per heavy atom. The number of hydrogen-bond acceptors (Lipinski definition) is 3. The molecule has 1 aromatic rings. The van der Waals surface area contributed by atoms with E-state index >= 15 is 0 Å². The first kappa shape index (κ1) is 15.0. The quantitative estimate of drug-likeness (QED) is 0.925. The Labute approximate surface area is 120 Å². The molecule has 1 amide bonds. The largest absolute Gasteiger partial charge is 0.353 e. The van der Waals surface area contributed by atoms with E-state index in [1.165, 1.54) is 12.7 Å². The summed E-state index contributed by atoms with van der Waals surface area (Å²) >= 11 is 0. The van der Waals surface area contributed by atoms with E-state index in [1.54, 1.807) is 24.3 Å². The summed E-state index contributed by atoms with van der Waals surface area (Å²) in [5.41, 5.74) is 0.573. The molecular formula is C15H21NO3S. The van der Waals surface area contributed by atoms with Crippen molar-refractivity contribution in [1.82, 2.24) is 5.32 Å². The van der Waals surface area contributed by atoms with Gasteiger partial charge in [0.2, 0.25) is 5.91 Å². The summed E-state index contributed by atoms with van der Waals surface area (Å²) < 4.78 is 23.4. The van der Waals surface area contributed by atoms with E-state index in [2.05, 4.69) is 5.32 Å². The van der Waals surface area contributed by atoms with Crippen molar-refractivity contribution in [1.29, 1.82) is 0 Å². The number of rotatable bonds is 4. The van der Waals surface area contributed by atoms with E-state index in [-0.39, 0.29) is 23.3 Å². The molecule has 0 bridgehead atoms. The molecule has 5 heteroatoms. The van der Waals surface area contributed by atoms with Crippen LogP contribution in [0.5, 0.6) is 0 Å². The Bertz CT molecular complexity index is 575. The first-order chi connectivity index (χ1) is 9.47. The van der Waals surface area contributed by atoms with Gasteiger partial charge in [-0.05, 0) is 24.5 Å². The molecule has 4 nitrogen and oxygen atoms in total. The molecule has 0 heterocycles. The molecule has 1 N–H and O–H groups in total. The van der Waals surface area contributed by atoms with Crippen LogP contribution < -0.4 is 5.32 Å². The van der Waals surface area contributed by atoms with Crippen molar-refractivity contribution < 1.29 is 13.2 Å². The highest BCUT2D eigenvalue weighted by molar-refractivity contribution is 7.90. The lowest BCUT2D eigenvalue weighted by molar-refractivity contribution is -0.121. The van der Waals surface area contributed by atoms with Crippen LogP contribution in [0.1, 0.15) is 37.7 Å². The van der Waals surface area contributed by atoms with Crippen LogP contribution in [0.3, 0.4) is 0 Å². The summed E-state index contributed by atoms with van der Waals surface area (Å²) in [6.45, 7) is 0. The highest BCUT2D eigenvalue weighted by Crippen LogP contribution is 2.19. The number of sulfone groups is 1. The van der Waals surface area contributed by atoms with Crippen molar-refractivity contribution in [2.45, 2.75) is 49.5 Å². The van der Waals surface area contributed by atoms with Gasteiger partial charge in [0.05, 0.1) is 11.3 Å². The molecule has 0 spiro atoms. The van der Waals surface area contributed by atoms with Crippen LogP contribution in [0.15, 0.2) is 29.2 Å². The fourth-order valence-electron chi connectivity index (χ4n) is 2.71. The molecule has 0 saturated heterocycles. The molecule has 1 aromatic carbocycles. The molecule has 0 aromatic heterocycles. The molecular weight excluding hydrogens is 274 g/mol. The molecule has 1 aliphatic rings. The third-order valence-electron chi connectivity index (χ3n) is 3.69. The maximum absolute atomic E-state index is 12.1. The van der Waals surface area contributed by atoms with E-state index < -0.39 is 9.84 Å². The minimum absolute atomic E-state index is 0.0898. The maximum atomic E-state index is 12.1. The summed E-state index contributed by atoms with van der Waals surface area (Å²) in [5.74, 6) is -0.0898. The number of amides is 1. The van der Waals surface area contributed by atoms with Gasteiger partial charge in [-0.2, -0.15) is 0 Å². The standard InChI is InChI=1S/C15H21NO3S/c1-20(18,19)14-10-6-5-7-12(14)11-15(17)16-13-8-3-2-4-9-13/h5-7,10,13H,2-4,8-9,11H2,1H3,(H,16,17). The fraction of sp³-hybridized carbons (Fsp3) is 0.533. The zero-order valence-electron chi connectivity index (χ0n) is 11.8. The predicted molar refractivity (Wildman–Crippen MR) is 78.3 cm³/mol. The van der Waals surface area contributed by atoms with Gasteiger partial charge >= 0.3 is 0 Å². The molecule has 1 fully saturated rings. The second kappa shape index (κ2) is 6.39. The van der Waals surface area contributed by atoms with Gasteiger partial charge < -0.3 is 5.32 Å². The number of nitrogens with one attached hydrogen (secondary N) is 1. The van der Waals surface area contributed by atoms with Crippen molar-refractivity contribution >= 4 is 15.7 Å². The molecule has 0 aliphatic heterocycles. The van der Waals surface area contributed by atoms with Crippen LogP contribution in [0.2, 0.25) is 0 Å². The van der Waals surface area contributed by atoms with Gasteiger partial charge in [0.1, 0.15) is 0 Å². The van der Waals surface area contributed by atoms with E-state index in [0.717, 1.165) is 25.7 Å². The van der Waals surface area contributed by atoms with Crippen molar-refractivity contribution in [3.8, 4) is 0 Å². The van der Waals surface area contributed by atoms with E-state index in [9.17, 15) is 13.2 Å². The maximum Gasteiger partial charge on any atom is 0.224 e. The minimum atomic E-state index is -3.29. The molecule has 0 radical (unpaired) electrons. The van der Waals surface area contributed by atoms with Crippen LogP contribution in [0, 0.1) is 0 Å². The average molecular weight is 295 g/mol. The monoisotopic (exact) mass is 295 g/mol. The Morgan fingerprint density at radius 1 is 1.20 bits per heavy atom. The smallest absolute Gasteiger partial charge is 0.224 e. The van der Waals surface area contributed by atoms with Crippen LogP contribution >= 0.6 is 0 Å². The zero-order valence-corrected chi connectivity index (χ0v) is 12.6. The molecule has 0 atom stereocenters. The minimum Gasteiger partial charge on any atom is -0.353 e. The molecule has 20 heavy (non-hydrogen) atoms. The van der Waals surface area contributed by atoms with E-state index in [4.69, 9.17) is 0 Å². The lowest BCUT2D eigenvalue weighted by Gasteiger charge is -2.22. The Morgan fingerprint density at radius 3 is 2.50 bits per heavy atom. The summed E-state index contributed by atoms with van der Waals surface area (Å²) in [4.78, 5) is 12.3. The molecule has 1 aliphatic carbocycles. The fourth-order valence-corrected chi connectivity index (χ4v) is 3.65. The Balaban J connectivity index is 2.04. The van der Waals surface area contributed by atoms with Crippen LogP contribution in [0.4, 0.5) is 0 Å². The highest BCUT2D eigenvalue weighted by Gasteiger charge is 2.18. The number of benzene rings is 1. The van der Waals surface area contributed by atoms with Gasteiger partial charge in [-0.25, -0.2) is 8.42 Å². The van der Waals surface area contributed by atoms with Gasteiger partial charge in [-0.1, -0.05) is 37.5 Å². The Hall–Kier alpha value is -1.36. The van der Waals surface area contributed by atoms with Gasteiger partial charge in [-0.3, -0.25) is 4.79 Å². The SMILES string of the molecule is CS(=O)(=O)c1ccccc1CC(=O)NC1CCCCC1. The lowest BCUT2D eigenvalue weighted by atomic mass is 9.95.